The van der Waals surface area contributed by atoms with Crippen LogP contribution in [0.25, 0.3) is 0 Å². The quantitative estimate of drug-likeness (QED) is 0.152. The molecule has 0 heterocycles. The molecule has 2 heteroatoms. The number of hydrogen-bond donors (Lipinski definition) is 0. The van der Waals surface area contributed by atoms with Gasteiger partial charge >= 0.3 is 0 Å². The van der Waals surface area contributed by atoms with Gasteiger partial charge in [0.25, 0.3) is 0 Å². The van der Waals surface area contributed by atoms with Crippen molar-refractivity contribution in [3.05, 3.63) is 319 Å². The van der Waals surface area contributed by atoms with E-state index in [9.17, 15) is 9.59 Å². The zero-order valence-corrected chi connectivity index (χ0v) is 36.6. The summed E-state index contributed by atoms with van der Waals surface area (Å²) in [6.45, 7) is 0. The molecule has 0 saturated carbocycles. The van der Waals surface area contributed by atoms with E-state index >= 15 is 0 Å². The summed E-state index contributed by atoms with van der Waals surface area (Å²) < 4.78 is 0. The minimum atomic E-state index is -0.00924. The molecule has 1 aliphatic carbocycles. The Hall–Kier alpha value is -7.68. The molecule has 65 heavy (non-hydrogen) atoms. The van der Waals surface area contributed by atoms with Crippen LogP contribution in [-0.2, 0) is 44.9 Å². The lowest BCUT2D eigenvalue weighted by molar-refractivity contribution is 0.103. The Morgan fingerprint density at radius 1 is 0.169 bits per heavy atom. The van der Waals surface area contributed by atoms with Crippen LogP contribution in [0.15, 0.2) is 218 Å². The maximum absolute atomic E-state index is 14.8. The van der Waals surface area contributed by atoms with Gasteiger partial charge in [-0.2, -0.15) is 0 Å². The van der Waals surface area contributed by atoms with Crippen molar-refractivity contribution in [3.63, 3.8) is 0 Å². The van der Waals surface area contributed by atoms with Gasteiger partial charge in [0.1, 0.15) is 0 Å². The van der Waals surface area contributed by atoms with Gasteiger partial charge in [-0.1, -0.05) is 218 Å². The van der Waals surface area contributed by atoms with Gasteiger partial charge in [0.05, 0.1) is 0 Å². The SMILES string of the molecule is O=C1c2ccccc2Cc2ccccc2Cc2ccccc2Cc2ccccc2Cc2ccccc2Cc2ccccc2Cc2ccccc2C(=O)c2ccccc2Cc2ccccc21. The summed E-state index contributed by atoms with van der Waals surface area (Å²) in [6, 6.07) is 75.9. The number of fused-ring (bicyclic) bond motifs is 9. The van der Waals surface area contributed by atoms with Gasteiger partial charge in [-0.15, -0.1) is 0 Å². The topological polar surface area (TPSA) is 34.1 Å². The molecule has 0 radical (unpaired) electrons. The summed E-state index contributed by atoms with van der Waals surface area (Å²) in [5.74, 6) is -0.0185. The number of carbonyl (C=O) groups is 2. The average molecular weight is 839 g/mol. The lowest BCUT2D eigenvalue weighted by Gasteiger charge is -2.17. The molecule has 0 fully saturated rings. The molecule has 314 valence electrons. The summed E-state index contributed by atoms with van der Waals surface area (Å²) in [6.07, 6.45) is 4.95. The van der Waals surface area contributed by atoms with Gasteiger partial charge in [-0.05, 0) is 123 Å². The molecule has 1 aliphatic rings. The van der Waals surface area contributed by atoms with Crippen LogP contribution >= 0.6 is 0 Å². The normalized spacial score (nSPS) is 13.2. The Morgan fingerprint density at radius 3 is 0.477 bits per heavy atom. The van der Waals surface area contributed by atoms with Crippen molar-refractivity contribution in [3.8, 4) is 0 Å². The van der Waals surface area contributed by atoms with Crippen molar-refractivity contribution >= 4 is 11.6 Å². The van der Waals surface area contributed by atoms with Gasteiger partial charge in [0, 0.05) is 22.3 Å². The van der Waals surface area contributed by atoms with E-state index in [1.807, 2.05) is 84.9 Å². The van der Waals surface area contributed by atoms with Crippen LogP contribution in [0.3, 0.4) is 0 Å². The maximum atomic E-state index is 14.8. The van der Waals surface area contributed by atoms with Gasteiger partial charge in [-0.25, -0.2) is 0 Å². The van der Waals surface area contributed by atoms with Crippen LogP contribution < -0.4 is 0 Å². The van der Waals surface area contributed by atoms with Gasteiger partial charge in [-0.3, -0.25) is 9.59 Å². The monoisotopic (exact) mass is 838 g/mol. The molecule has 9 aromatic rings. The van der Waals surface area contributed by atoms with Gasteiger partial charge < -0.3 is 0 Å². The van der Waals surface area contributed by atoms with Crippen molar-refractivity contribution in [1.29, 1.82) is 0 Å². The highest BCUT2D eigenvalue weighted by atomic mass is 16.1. The van der Waals surface area contributed by atoms with Crippen LogP contribution in [0.5, 0.6) is 0 Å². The first kappa shape index (κ1) is 41.3. The second-order valence-corrected chi connectivity index (χ2v) is 17.4. The fraction of sp³-hybridized carbons (Fsp3) is 0.111. The predicted molar refractivity (Wildman–Crippen MR) is 264 cm³/mol. The van der Waals surface area contributed by atoms with E-state index in [0.717, 1.165) is 47.9 Å². The number of hydrogen-bond acceptors (Lipinski definition) is 2. The van der Waals surface area contributed by atoms with Crippen molar-refractivity contribution in [1.82, 2.24) is 0 Å². The molecule has 2 nitrogen and oxygen atoms in total. The molecular weight excluding hydrogens is 789 g/mol. The van der Waals surface area contributed by atoms with Gasteiger partial charge in [0.2, 0.25) is 0 Å². The van der Waals surface area contributed by atoms with E-state index in [1.165, 1.54) is 55.6 Å². The number of rotatable bonds is 0. The molecule has 0 aromatic heterocycles. The molecule has 0 atom stereocenters. The molecule has 0 saturated heterocycles. The molecular formula is C63H50O2. The van der Waals surface area contributed by atoms with Crippen molar-refractivity contribution in [2.75, 3.05) is 0 Å². The van der Waals surface area contributed by atoms with Crippen molar-refractivity contribution in [2.45, 2.75) is 44.9 Å². The Morgan fingerprint density at radius 2 is 0.292 bits per heavy atom. The van der Waals surface area contributed by atoms with Crippen LogP contribution in [0.1, 0.15) is 110 Å². The summed E-state index contributed by atoms with van der Waals surface area (Å²) in [5, 5.41) is 0. The first-order chi connectivity index (χ1) is 32.1. The Balaban J connectivity index is 1.10. The Bertz CT molecular complexity index is 2970. The van der Waals surface area contributed by atoms with Crippen molar-refractivity contribution in [2.24, 2.45) is 0 Å². The summed E-state index contributed by atoms with van der Waals surface area (Å²) in [7, 11) is 0. The largest absolute Gasteiger partial charge is 0.289 e. The minimum Gasteiger partial charge on any atom is -0.289 e. The van der Waals surface area contributed by atoms with Crippen LogP contribution in [0.2, 0.25) is 0 Å². The molecule has 0 amide bonds. The summed E-state index contributed by atoms with van der Waals surface area (Å²) >= 11 is 0. The molecule has 0 aliphatic heterocycles. The highest BCUT2D eigenvalue weighted by Crippen LogP contribution is 2.30. The minimum absolute atomic E-state index is 0.00924. The third-order valence-electron chi connectivity index (χ3n) is 13.3. The van der Waals surface area contributed by atoms with E-state index in [-0.39, 0.29) is 11.6 Å². The Labute approximate surface area is 382 Å². The molecule has 0 spiro atoms. The maximum Gasteiger partial charge on any atom is 0.193 e. The van der Waals surface area contributed by atoms with E-state index in [1.54, 1.807) is 0 Å². The highest BCUT2D eigenvalue weighted by Gasteiger charge is 2.22. The molecule has 0 N–H and O–H groups in total. The molecule has 0 unspecified atom stereocenters. The summed E-state index contributed by atoms with van der Waals surface area (Å²) in [5.41, 5.74) is 19.3. The average Bonchev–Trinajstić information content (AvgIpc) is 3.34. The number of ketones is 2. The smallest absolute Gasteiger partial charge is 0.193 e. The Kier molecular flexibility index (Phi) is 12.1. The van der Waals surface area contributed by atoms with Crippen LogP contribution in [0, 0.1) is 0 Å². The zero-order chi connectivity index (χ0) is 44.0. The summed E-state index contributed by atoms with van der Waals surface area (Å²) in [4.78, 5) is 29.7. The third-order valence-corrected chi connectivity index (χ3v) is 13.3. The van der Waals surface area contributed by atoms with Gasteiger partial charge in [0.15, 0.2) is 11.6 Å². The second kappa shape index (κ2) is 19.0. The standard InChI is InChI=1S/C63H50O2/c64-62-58-33-15-11-29-54(58)41-52-27-9-7-25-50(52)39-48-23-5-3-21-46(48)37-44-19-1-2-20-45(44)38-47-22-4-6-24-49(47)40-51-26-8-10-28-53(51)42-55-30-12-16-34-59(55)63(65)61-36-18-14-32-57(61)43-56-31-13-17-35-60(56)62/h1-36H,37-43H2. The van der Waals surface area contributed by atoms with Crippen LogP contribution in [0.4, 0.5) is 0 Å². The number of benzene rings is 9. The number of carbonyl (C=O) groups excluding carboxylic acids is 2. The van der Waals surface area contributed by atoms with E-state index in [4.69, 9.17) is 0 Å². The first-order valence-electron chi connectivity index (χ1n) is 22.8. The second-order valence-electron chi connectivity index (χ2n) is 17.4. The molecule has 10 rings (SSSR count). The predicted octanol–water partition coefficient (Wildman–Crippen LogP) is 13.6. The van der Waals surface area contributed by atoms with Crippen molar-refractivity contribution < 1.29 is 9.59 Å². The molecule has 9 aromatic carbocycles. The van der Waals surface area contributed by atoms with E-state index in [0.29, 0.717) is 41.5 Å². The highest BCUT2D eigenvalue weighted by molar-refractivity contribution is 6.12. The fourth-order valence-corrected chi connectivity index (χ4v) is 9.82. The van der Waals surface area contributed by atoms with E-state index < -0.39 is 0 Å². The zero-order valence-electron chi connectivity index (χ0n) is 36.6. The lowest BCUT2D eigenvalue weighted by atomic mass is 9.86. The third kappa shape index (κ3) is 9.08. The fourth-order valence-electron chi connectivity index (χ4n) is 9.82. The first-order valence-corrected chi connectivity index (χ1v) is 22.8. The lowest BCUT2D eigenvalue weighted by Crippen LogP contribution is -2.12. The van der Waals surface area contributed by atoms with E-state index in [2.05, 4.69) is 133 Å². The van der Waals surface area contributed by atoms with Crippen LogP contribution in [-0.4, -0.2) is 11.6 Å². The molecule has 0 bridgehead atoms.